The number of carbonyl (C=O) groups excluding carboxylic acids is 1. The average molecular weight is 274 g/mol. The molecule has 2 aliphatic rings. The highest BCUT2D eigenvalue weighted by Crippen LogP contribution is 2.25. The molecular weight excluding hydrogens is 252 g/mol. The van der Waals surface area contributed by atoms with Crippen LogP contribution < -0.4 is 0 Å². The molecule has 0 aromatic carbocycles. The van der Waals surface area contributed by atoms with Crippen LogP contribution >= 0.6 is 0 Å². The van der Waals surface area contributed by atoms with E-state index in [1.807, 2.05) is 0 Å². The van der Waals surface area contributed by atoms with Crippen LogP contribution in [0.4, 0.5) is 0 Å². The number of rotatable bonds is 4. The minimum absolute atomic E-state index is 0.262. The summed E-state index contributed by atoms with van der Waals surface area (Å²) >= 11 is 0. The molecule has 2 rings (SSSR count). The van der Waals surface area contributed by atoms with Crippen LogP contribution in [0.15, 0.2) is 0 Å². The average Bonchev–Trinajstić information content (AvgIpc) is 2.82. The molecule has 0 aromatic heterocycles. The SMILES string of the molecule is CS(=O)(=O)N1CCN(CC(=O)C2CCCC2)CC1. The highest BCUT2D eigenvalue weighted by Gasteiger charge is 2.27. The first-order valence-corrected chi connectivity index (χ1v) is 8.52. The lowest BCUT2D eigenvalue weighted by atomic mass is 10.0. The topological polar surface area (TPSA) is 57.7 Å². The van der Waals surface area contributed by atoms with Gasteiger partial charge in [-0.25, -0.2) is 8.42 Å². The number of sulfonamides is 1. The Labute approximate surface area is 109 Å². The van der Waals surface area contributed by atoms with Gasteiger partial charge in [-0.15, -0.1) is 0 Å². The zero-order valence-corrected chi connectivity index (χ0v) is 11.8. The molecule has 0 spiro atoms. The molecule has 6 heteroatoms. The van der Waals surface area contributed by atoms with Crippen molar-refractivity contribution in [1.82, 2.24) is 9.21 Å². The van der Waals surface area contributed by atoms with E-state index in [-0.39, 0.29) is 5.92 Å². The van der Waals surface area contributed by atoms with Crippen LogP contribution in [-0.2, 0) is 14.8 Å². The molecule has 0 N–H and O–H groups in total. The molecule has 2 fully saturated rings. The van der Waals surface area contributed by atoms with Crippen molar-refractivity contribution in [3.05, 3.63) is 0 Å². The molecule has 1 saturated heterocycles. The zero-order chi connectivity index (χ0) is 13.2. The van der Waals surface area contributed by atoms with Crippen LogP contribution in [0, 0.1) is 5.92 Å². The molecule has 1 heterocycles. The van der Waals surface area contributed by atoms with Gasteiger partial charge in [-0.05, 0) is 12.8 Å². The molecule has 1 aliphatic carbocycles. The normalized spacial score (nSPS) is 24.5. The Morgan fingerprint density at radius 2 is 1.67 bits per heavy atom. The standard InChI is InChI=1S/C12H22N2O3S/c1-18(16,17)14-8-6-13(7-9-14)10-12(15)11-4-2-3-5-11/h11H,2-10H2,1H3. The van der Waals surface area contributed by atoms with Crippen molar-refractivity contribution in [1.29, 1.82) is 0 Å². The Bertz CT molecular complexity index is 394. The van der Waals surface area contributed by atoms with Crippen molar-refractivity contribution < 1.29 is 13.2 Å². The highest BCUT2D eigenvalue weighted by atomic mass is 32.2. The van der Waals surface area contributed by atoms with Gasteiger partial charge in [0.2, 0.25) is 10.0 Å². The zero-order valence-electron chi connectivity index (χ0n) is 11.0. The summed E-state index contributed by atoms with van der Waals surface area (Å²) in [7, 11) is -3.07. The minimum Gasteiger partial charge on any atom is -0.298 e. The monoisotopic (exact) mass is 274 g/mol. The fourth-order valence-corrected chi connectivity index (χ4v) is 3.64. The lowest BCUT2D eigenvalue weighted by Crippen LogP contribution is -2.49. The first-order valence-electron chi connectivity index (χ1n) is 6.67. The third-order valence-electron chi connectivity index (χ3n) is 3.99. The van der Waals surface area contributed by atoms with Crippen LogP contribution in [0.25, 0.3) is 0 Å². The minimum atomic E-state index is -3.07. The van der Waals surface area contributed by atoms with Crippen molar-refractivity contribution in [2.75, 3.05) is 39.0 Å². The molecular formula is C12H22N2O3S. The number of carbonyl (C=O) groups is 1. The van der Waals surface area contributed by atoms with Gasteiger partial charge < -0.3 is 0 Å². The molecule has 0 bridgehead atoms. The van der Waals surface area contributed by atoms with E-state index in [0.717, 1.165) is 12.8 Å². The summed E-state index contributed by atoms with van der Waals surface area (Å²) in [5.74, 6) is 0.609. The lowest BCUT2D eigenvalue weighted by Gasteiger charge is -2.33. The Morgan fingerprint density at radius 3 is 2.17 bits per heavy atom. The summed E-state index contributed by atoms with van der Waals surface area (Å²) in [4.78, 5) is 14.1. The van der Waals surface area contributed by atoms with Crippen molar-refractivity contribution in [2.45, 2.75) is 25.7 Å². The van der Waals surface area contributed by atoms with Crippen LogP contribution in [0.5, 0.6) is 0 Å². The molecule has 0 unspecified atom stereocenters. The van der Waals surface area contributed by atoms with Gasteiger partial charge in [-0.3, -0.25) is 9.69 Å². The van der Waals surface area contributed by atoms with Gasteiger partial charge in [-0.2, -0.15) is 4.31 Å². The van der Waals surface area contributed by atoms with E-state index in [0.29, 0.717) is 38.5 Å². The predicted molar refractivity (Wildman–Crippen MR) is 69.8 cm³/mol. The van der Waals surface area contributed by atoms with E-state index in [1.54, 1.807) is 0 Å². The maximum atomic E-state index is 12.0. The van der Waals surface area contributed by atoms with Crippen LogP contribution in [-0.4, -0.2) is 62.4 Å². The molecule has 18 heavy (non-hydrogen) atoms. The van der Waals surface area contributed by atoms with E-state index in [4.69, 9.17) is 0 Å². The quantitative estimate of drug-likeness (QED) is 0.741. The molecule has 1 aliphatic heterocycles. The summed E-state index contributed by atoms with van der Waals surface area (Å²) in [6.07, 6.45) is 5.69. The maximum Gasteiger partial charge on any atom is 0.211 e. The Hall–Kier alpha value is -0.460. The van der Waals surface area contributed by atoms with Gasteiger partial charge in [0.1, 0.15) is 5.78 Å². The van der Waals surface area contributed by atoms with Gasteiger partial charge in [0, 0.05) is 32.1 Å². The van der Waals surface area contributed by atoms with Crippen molar-refractivity contribution in [3.63, 3.8) is 0 Å². The molecule has 0 aromatic rings. The van der Waals surface area contributed by atoms with Crippen LogP contribution in [0.3, 0.4) is 0 Å². The second-order valence-electron chi connectivity index (χ2n) is 5.39. The molecule has 0 radical (unpaired) electrons. The predicted octanol–water partition coefficient (Wildman–Crippen LogP) is 0.323. The largest absolute Gasteiger partial charge is 0.298 e. The second-order valence-corrected chi connectivity index (χ2v) is 7.37. The summed E-state index contributed by atoms with van der Waals surface area (Å²) in [5, 5.41) is 0. The Morgan fingerprint density at radius 1 is 1.11 bits per heavy atom. The molecule has 104 valence electrons. The smallest absolute Gasteiger partial charge is 0.211 e. The summed E-state index contributed by atoms with van der Waals surface area (Å²) < 4.78 is 24.2. The second kappa shape index (κ2) is 5.67. The van der Waals surface area contributed by atoms with E-state index in [1.165, 1.54) is 23.4 Å². The highest BCUT2D eigenvalue weighted by molar-refractivity contribution is 7.88. The molecule has 0 amide bonds. The fourth-order valence-electron chi connectivity index (χ4n) is 2.82. The molecule has 5 nitrogen and oxygen atoms in total. The number of nitrogens with zero attached hydrogens (tertiary/aromatic N) is 2. The summed E-state index contributed by atoms with van der Waals surface area (Å²) in [6.45, 7) is 2.87. The maximum absolute atomic E-state index is 12.0. The van der Waals surface area contributed by atoms with E-state index in [9.17, 15) is 13.2 Å². The van der Waals surface area contributed by atoms with Crippen molar-refractivity contribution in [3.8, 4) is 0 Å². The number of hydrogen-bond donors (Lipinski definition) is 0. The van der Waals surface area contributed by atoms with Crippen molar-refractivity contribution in [2.24, 2.45) is 5.92 Å². The number of ketones is 1. The van der Waals surface area contributed by atoms with Gasteiger partial charge in [0.05, 0.1) is 12.8 Å². The first-order chi connectivity index (χ1) is 8.47. The Balaban J connectivity index is 1.78. The molecule has 0 atom stereocenters. The number of Topliss-reactive ketones (excluding diaryl/α,β-unsaturated/α-hetero) is 1. The fraction of sp³-hybridized carbons (Fsp3) is 0.917. The Kier molecular flexibility index (Phi) is 4.40. The van der Waals surface area contributed by atoms with Gasteiger partial charge in [0.25, 0.3) is 0 Å². The summed E-state index contributed by atoms with van der Waals surface area (Å²) in [5.41, 5.74) is 0. The van der Waals surface area contributed by atoms with E-state index in [2.05, 4.69) is 4.90 Å². The lowest BCUT2D eigenvalue weighted by molar-refractivity contribution is -0.124. The molecule has 1 saturated carbocycles. The van der Waals surface area contributed by atoms with Crippen LogP contribution in [0.1, 0.15) is 25.7 Å². The van der Waals surface area contributed by atoms with E-state index >= 15 is 0 Å². The summed E-state index contributed by atoms with van der Waals surface area (Å²) in [6, 6.07) is 0. The number of hydrogen-bond acceptors (Lipinski definition) is 4. The third kappa shape index (κ3) is 3.52. The number of piperazine rings is 1. The van der Waals surface area contributed by atoms with Gasteiger partial charge in [-0.1, -0.05) is 12.8 Å². The third-order valence-corrected chi connectivity index (χ3v) is 5.29. The van der Waals surface area contributed by atoms with Gasteiger partial charge >= 0.3 is 0 Å². The van der Waals surface area contributed by atoms with Gasteiger partial charge in [0.15, 0.2) is 0 Å². The van der Waals surface area contributed by atoms with Crippen molar-refractivity contribution >= 4 is 15.8 Å². The van der Waals surface area contributed by atoms with Crippen LogP contribution in [0.2, 0.25) is 0 Å². The van der Waals surface area contributed by atoms with E-state index < -0.39 is 10.0 Å². The first kappa shape index (κ1) is 14.0.